The summed E-state index contributed by atoms with van der Waals surface area (Å²) < 4.78 is 6.35. The van der Waals surface area contributed by atoms with Crippen molar-refractivity contribution in [2.24, 2.45) is 0 Å². The van der Waals surface area contributed by atoms with Crippen LogP contribution in [-0.4, -0.2) is 65.0 Å². The van der Waals surface area contributed by atoms with Crippen molar-refractivity contribution in [3.8, 4) is 0 Å². The van der Waals surface area contributed by atoms with Crippen LogP contribution in [0.25, 0.3) is 0 Å². The third-order valence-electron chi connectivity index (χ3n) is 5.15. The van der Waals surface area contributed by atoms with Crippen LogP contribution in [0.3, 0.4) is 0 Å². The molecule has 2 fully saturated rings. The minimum absolute atomic E-state index is 0.339. The van der Waals surface area contributed by atoms with Gasteiger partial charge in [0, 0.05) is 13.1 Å². The number of ether oxygens (including phenoxy) is 1. The summed E-state index contributed by atoms with van der Waals surface area (Å²) in [5, 5.41) is 0. The molecule has 0 aromatic heterocycles. The van der Waals surface area contributed by atoms with Crippen LogP contribution in [0.4, 0.5) is 0 Å². The number of alkyl halides is 2. The van der Waals surface area contributed by atoms with Crippen LogP contribution in [0, 0.1) is 0 Å². The SMILES string of the molecule is CI.CI.c1ccc(COC(CN2CCCCC2)CN2CCCCC2)cc1. The molecule has 2 aliphatic heterocycles. The number of nitrogens with zero attached hydrogens (tertiary/aromatic N) is 2. The molecule has 0 radical (unpaired) electrons. The second kappa shape index (κ2) is 17.4. The molecular weight excluding hydrogens is 562 g/mol. The fourth-order valence-corrected chi connectivity index (χ4v) is 3.81. The zero-order valence-corrected chi connectivity index (χ0v) is 21.5. The highest BCUT2D eigenvalue weighted by Gasteiger charge is 2.21. The van der Waals surface area contributed by atoms with Crippen molar-refractivity contribution in [1.29, 1.82) is 0 Å². The molecule has 27 heavy (non-hydrogen) atoms. The standard InChI is InChI=1S/C20H32N2O.2CH3I/c1-4-10-19(11-5-1)18-23-20(16-21-12-6-2-7-13-21)17-22-14-8-3-9-15-22;2*1-2/h1,4-5,10-11,20H,2-3,6-9,12-18H2;2*1H3. The summed E-state index contributed by atoms with van der Waals surface area (Å²) in [7, 11) is 0. The van der Waals surface area contributed by atoms with Gasteiger partial charge in [-0.15, -0.1) is 0 Å². The lowest BCUT2D eigenvalue weighted by Crippen LogP contribution is -2.44. The van der Waals surface area contributed by atoms with Gasteiger partial charge in [0.2, 0.25) is 0 Å². The smallest absolute Gasteiger partial charge is 0.0833 e. The summed E-state index contributed by atoms with van der Waals surface area (Å²) in [6, 6.07) is 10.6. The van der Waals surface area contributed by atoms with Crippen molar-refractivity contribution >= 4 is 45.2 Å². The first-order valence-corrected chi connectivity index (χ1v) is 14.6. The van der Waals surface area contributed by atoms with E-state index in [4.69, 9.17) is 4.74 Å². The summed E-state index contributed by atoms with van der Waals surface area (Å²) >= 11 is 4.30. The molecule has 2 aliphatic rings. The van der Waals surface area contributed by atoms with Gasteiger partial charge >= 0.3 is 0 Å². The molecule has 5 heteroatoms. The van der Waals surface area contributed by atoms with Crippen molar-refractivity contribution in [3.05, 3.63) is 35.9 Å². The molecule has 1 aromatic rings. The molecule has 1 aromatic carbocycles. The Bertz CT molecular complexity index is 415. The summed E-state index contributed by atoms with van der Waals surface area (Å²) in [6.45, 7) is 7.96. The first-order chi connectivity index (χ1) is 13.4. The van der Waals surface area contributed by atoms with Crippen molar-refractivity contribution in [3.63, 3.8) is 0 Å². The lowest BCUT2D eigenvalue weighted by molar-refractivity contribution is -0.0118. The average Bonchev–Trinajstić information content (AvgIpc) is 2.77. The number of rotatable bonds is 7. The summed E-state index contributed by atoms with van der Waals surface area (Å²) in [5.41, 5.74) is 1.29. The van der Waals surface area contributed by atoms with Crippen LogP contribution in [0.2, 0.25) is 0 Å². The number of hydrogen-bond acceptors (Lipinski definition) is 3. The zero-order valence-electron chi connectivity index (χ0n) is 17.2. The molecule has 3 rings (SSSR count). The highest BCUT2D eigenvalue weighted by molar-refractivity contribution is 14.1. The molecular formula is C22H38I2N2O. The maximum Gasteiger partial charge on any atom is 0.0833 e. The Kier molecular flexibility index (Phi) is 16.5. The highest BCUT2D eigenvalue weighted by Crippen LogP contribution is 2.14. The Morgan fingerprint density at radius 2 is 1.19 bits per heavy atom. The minimum atomic E-state index is 0.339. The van der Waals surface area contributed by atoms with Gasteiger partial charge in [0.25, 0.3) is 0 Å². The molecule has 0 atom stereocenters. The van der Waals surface area contributed by atoms with E-state index in [1.807, 2.05) is 9.86 Å². The van der Waals surface area contributed by atoms with Crippen molar-refractivity contribution in [2.45, 2.75) is 51.2 Å². The molecule has 0 saturated carbocycles. The van der Waals surface area contributed by atoms with Gasteiger partial charge in [-0.25, -0.2) is 0 Å². The van der Waals surface area contributed by atoms with E-state index < -0.39 is 0 Å². The molecule has 0 unspecified atom stereocenters. The van der Waals surface area contributed by atoms with Crippen LogP contribution < -0.4 is 0 Å². The van der Waals surface area contributed by atoms with Gasteiger partial charge in [-0.2, -0.15) is 0 Å². The van der Waals surface area contributed by atoms with E-state index in [9.17, 15) is 0 Å². The summed E-state index contributed by atoms with van der Waals surface area (Å²) in [5.74, 6) is 0. The third-order valence-corrected chi connectivity index (χ3v) is 5.15. The molecule has 2 heterocycles. The molecule has 3 nitrogen and oxygen atoms in total. The fraction of sp³-hybridized carbons (Fsp3) is 0.727. The monoisotopic (exact) mass is 600 g/mol. The lowest BCUT2D eigenvalue weighted by Gasteiger charge is -2.34. The van der Waals surface area contributed by atoms with Crippen molar-refractivity contribution in [1.82, 2.24) is 9.80 Å². The molecule has 0 amide bonds. The van der Waals surface area contributed by atoms with E-state index in [1.54, 1.807) is 0 Å². The molecule has 156 valence electrons. The van der Waals surface area contributed by atoms with Gasteiger partial charge in [-0.05, 0) is 67.3 Å². The Morgan fingerprint density at radius 3 is 1.63 bits per heavy atom. The molecule has 0 spiro atoms. The first-order valence-electron chi connectivity index (χ1n) is 10.3. The number of halogens is 2. The second-order valence-corrected chi connectivity index (χ2v) is 7.14. The van der Waals surface area contributed by atoms with Gasteiger partial charge in [0.05, 0.1) is 12.7 Å². The Balaban J connectivity index is 0.000000855. The van der Waals surface area contributed by atoms with E-state index >= 15 is 0 Å². The van der Waals surface area contributed by atoms with E-state index in [2.05, 4.69) is 85.3 Å². The van der Waals surface area contributed by atoms with Gasteiger partial charge in [0.15, 0.2) is 0 Å². The lowest BCUT2D eigenvalue weighted by atomic mass is 10.1. The first kappa shape index (κ1) is 25.6. The van der Waals surface area contributed by atoms with Crippen molar-refractivity contribution in [2.75, 3.05) is 49.1 Å². The van der Waals surface area contributed by atoms with Crippen molar-refractivity contribution < 1.29 is 4.74 Å². The normalized spacial score (nSPS) is 18.3. The maximum absolute atomic E-state index is 6.35. The summed E-state index contributed by atoms with van der Waals surface area (Å²) in [4.78, 5) is 9.17. The Morgan fingerprint density at radius 1 is 0.741 bits per heavy atom. The topological polar surface area (TPSA) is 15.7 Å². The van der Waals surface area contributed by atoms with E-state index in [-0.39, 0.29) is 0 Å². The highest BCUT2D eigenvalue weighted by atomic mass is 127. The summed E-state index contributed by atoms with van der Waals surface area (Å²) in [6.07, 6.45) is 8.57. The Labute approximate surface area is 194 Å². The zero-order chi connectivity index (χ0) is 19.7. The van der Waals surface area contributed by atoms with E-state index in [0.29, 0.717) is 6.10 Å². The number of benzene rings is 1. The number of hydrogen-bond donors (Lipinski definition) is 0. The predicted octanol–water partition coefficient (Wildman–Crippen LogP) is 5.65. The van der Waals surface area contributed by atoms with Crippen LogP contribution in [0.1, 0.15) is 44.1 Å². The quantitative estimate of drug-likeness (QED) is 0.298. The van der Waals surface area contributed by atoms with Crippen LogP contribution in [0.15, 0.2) is 30.3 Å². The van der Waals surface area contributed by atoms with E-state index in [0.717, 1.165) is 19.7 Å². The van der Waals surface area contributed by atoms with E-state index in [1.165, 1.54) is 70.3 Å². The Hall–Kier alpha value is 0.560. The van der Waals surface area contributed by atoms with Crippen LogP contribution in [-0.2, 0) is 11.3 Å². The largest absolute Gasteiger partial charge is 0.371 e. The van der Waals surface area contributed by atoms with Crippen LogP contribution >= 0.6 is 45.2 Å². The molecule has 0 bridgehead atoms. The minimum Gasteiger partial charge on any atom is -0.371 e. The average molecular weight is 600 g/mol. The number of piperidine rings is 2. The molecule has 0 aliphatic carbocycles. The van der Waals surface area contributed by atoms with Crippen LogP contribution in [0.5, 0.6) is 0 Å². The second-order valence-electron chi connectivity index (χ2n) is 7.14. The van der Waals surface area contributed by atoms with Gasteiger partial charge < -0.3 is 14.5 Å². The van der Waals surface area contributed by atoms with Gasteiger partial charge in [-0.3, -0.25) is 0 Å². The molecule has 0 N–H and O–H groups in total. The number of likely N-dealkylation sites (tertiary alicyclic amines) is 2. The van der Waals surface area contributed by atoms with Gasteiger partial charge in [0.1, 0.15) is 0 Å². The molecule has 2 saturated heterocycles. The predicted molar refractivity (Wildman–Crippen MR) is 135 cm³/mol. The maximum atomic E-state index is 6.35. The third kappa shape index (κ3) is 11.4. The fourth-order valence-electron chi connectivity index (χ4n) is 3.81. The van der Waals surface area contributed by atoms with Gasteiger partial charge in [-0.1, -0.05) is 88.4 Å².